The van der Waals surface area contributed by atoms with Gasteiger partial charge in [-0.1, -0.05) is 18.2 Å². The molecule has 2 fully saturated rings. The zero-order chi connectivity index (χ0) is 28.2. The normalized spacial score (nSPS) is 15.9. The Bertz CT molecular complexity index is 1630. The average Bonchev–Trinajstić information content (AvgIpc) is 3.47. The van der Waals surface area contributed by atoms with Crippen LogP contribution in [0.3, 0.4) is 0 Å². The summed E-state index contributed by atoms with van der Waals surface area (Å²) in [6, 6.07) is 22.5. The Kier molecular flexibility index (Phi) is 7.53. The molecular formula is C32H30N6O3. The van der Waals surface area contributed by atoms with Crippen molar-refractivity contribution >= 4 is 22.6 Å². The summed E-state index contributed by atoms with van der Waals surface area (Å²) in [5.41, 5.74) is 6.31. The second kappa shape index (κ2) is 11.7. The van der Waals surface area contributed by atoms with Gasteiger partial charge in [-0.3, -0.25) is 4.79 Å². The number of nitrogens with one attached hydrogen (secondary N) is 1. The van der Waals surface area contributed by atoms with Crippen molar-refractivity contribution in [2.24, 2.45) is 0 Å². The van der Waals surface area contributed by atoms with Crippen molar-refractivity contribution in [3.05, 3.63) is 66.4 Å². The smallest absolute Gasteiger partial charge is 0.236 e. The SMILES string of the molecule is N#CCC(=O)N1CCN(c2ccc(-c3cc4c(-c5ccc(OC6CCOCC6)c(C#N)c5)ccnc4[nH]3)cc2)CC1. The van der Waals surface area contributed by atoms with Crippen molar-refractivity contribution in [2.45, 2.75) is 25.4 Å². The summed E-state index contributed by atoms with van der Waals surface area (Å²) in [5.74, 6) is 0.510. The number of hydrogen-bond donors (Lipinski definition) is 1. The largest absolute Gasteiger partial charge is 0.489 e. The molecule has 2 aliphatic heterocycles. The fourth-order valence-electron chi connectivity index (χ4n) is 5.54. The Balaban J connectivity index is 1.20. The lowest BCUT2D eigenvalue weighted by Gasteiger charge is -2.35. The van der Waals surface area contributed by atoms with Gasteiger partial charge in [-0.2, -0.15) is 10.5 Å². The minimum Gasteiger partial charge on any atom is -0.489 e. The zero-order valence-electron chi connectivity index (χ0n) is 22.7. The molecule has 0 aliphatic carbocycles. The highest BCUT2D eigenvalue weighted by Gasteiger charge is 2.21. The van der Waals surface area contributed by atoms with Gasteiger partial charge in [0.25, 0.3) is 0 Å². The Labute approximate surface area is 238 Å². The molecule has 2 saturated heterocycles. The van der Waals surface area contributed by atoms with Gasteiger partial charge >= 0.3 is 0 Å². The van der Waals surface area contributed by atoms with Gasteiger partial charge in [-0.05, 0) is 53.1 Å². The number of aromatic nitrogens is 2. The van der Waals surface area contributed by atoms with Crippen LogP contribution in [-0.4, -0.2) is 66.3 Å². The molecule has 0 atom stereocenters. The number of nitrogens with zero attached hydrogens (tertiary/aromatic N) is 5. The maximum atomic E-state index is 12.0. The number of carbonyl (C=O) groups is 1. The Morgan fingerprint density at radius 3 is 2.49 bits per heavy atom. The summed E-state index contributed by atoms with van der Waals surface area (Å²) in [6.07, 6.45) is 3.43. The number of anilines is 1. The minimum atomic E-state index is -0.0996. The topological polar surface area (TPSA) is 118 Å². The molecular weight excluding hydrogens is 516 g/mol. The van der Waals surface area contributed by atoms with Crippen molar-refractivity contribution in [1.82, 2.24) is 14.9 Å². The van der Waals surface area contributed by atoms with Crippen molar-refractivity contribution in [2.75, 3.05) is 44.3 Å². The number of fused-ring (bicyclic) bond motifs is 1. The summed E-state index contributed by atoms with van der Waals surface area (Å²) < 4.78 is 11.6. The number of hydrogen-bond acceptors (Lipinski definition) is 7. The van der Waals surface area contributed by atoms with E-state index in [1.54, 1.807) is 11.1 Å². The van der Waals surface area contributed by atoms with Gasteiger partial charge in [-0.15, -0.1) is 0 Å². The quantitative estimate of drug-likeness (QED) is 0.366. The van der Waals surface area contributed by atoms with Crippen LogP contribution in [-0.2, 0) is 9.53 Å². The third-order valence-corrected chi connectivity index (χ3v) is 7.81. The Morgan fingerprint density at radius 2 is 1.76 bits per heavy atom. The number of aromatic amines is 1. The van der Waals surface area contributed by atoms with Crippen molar-refractivity contribution in [3.8, 4) is 40.3 Å². The molecule has 1 N–H and O–H groups in total. The Morgan fingerprint density at radius 1 is 1.00 bits per heavy atom. The van der Waals surface area contributed by atoms with Crippen LogP contribution < -0.4 is 9.64 Å². The third kappa shape index (κ3) is 5.58. The molecule has 9 heteroatoms. The molecule has 41 heavy (non-hydrogen) atoms. The number of piperazine rings is 1. The van der Waals surface area contributed by atoms with E-state index < -0.39 is 0 Å². The maximum absolute atomic E-state index is 12.0. The summed E-state index contributed by atoms with van der Waals surface area (Å²) in [4.78, 5) is 24.0. The second-order valence-electron chi connectivity index (χ2n) is 10.3. The van der Waals surface area contributed by atoms with E-state index in [1.807, 2.05) is 30.3 Å². The van der Waals surface area contributed by atoms with E-state index in [0.29, 0.717) is 37.6 Å². The summed E-state index contributed by atoms with van der Waals surface area (Å²) >= 11 is 0. The first-order valence-corrected chi connectivity index (χ1v) is 13.9. The van der Waals surface area contributed by atoms with Crippen molar-refractivity contribution in [3.63, 3.8) is 0 Å². The van der Waals surface area contributed by atoms with Crippen LogP contribution >= 0.6 is 0 Å². The number of H-pyrrole nitrogens is 1. The third-order valence-electron chi connectivity index (χ3n) is 7.81. The van der Waals surface area contributed by atoms with Gasteiger partial charge in [0.2, 0.25) is 5.91 Å². The van der Waals surface area contributed by atoms with Gasteiger partial charge in [0.1, 0.15) is 30.0 Å². The fourth-order valence-corrected chi connectivity index (χ4v) is 5.54. The van der Waals surface area contributed by atoms with E-state index in [1.165, 1.54) is 0 Å². The molecule has 206 valence electrons. The number of carbonyl (C=O) groups excluding carboxylic acids is 1. The fraction of sp³-hybridized carbons (Fsp3) is 0.312. The zero-order valence-corrected chi connectivity index (χ0v) is 22.7. The molecule has 6 rings (SSSR count). The van der Waals surface area contributed by atoms with E-state index in [4.69, 9.17) is 14.7 Å². The number of pyridine rings is 1. The number of nitriles is 2. The highest BCUT2D eigenvalue weighted by molar-refractivity contribution is 5.96. The van der Waals surface area contributed by atoms with Gasteiger partial charge in [0.05, 0.1) is 24.8 Å². The summed E-state index contributed by atoms with van der Waals surface area (Å²) in [6.45, 7) is 4.08. The molecule has 0 saturated carbocycles. The predicted molar refractivity (Wildman–Crippen MR) is 155 cm³/mol. The first-order valence-electron chi connectivity index (χ1n) is 13.9. The highest BCUT2D eigenvalue weighted by atomic mass is 16.5. The van der Waals surface area contributed by atoms with Crippen LogP contribution in [0.2, 0.25) is 0 Å². The van der Waals surface area contributed by atoms with Crippen molar-refractivity contribution < 1.29 is 14.3 Å². The van der Waals surface area contributed by atoms with Crippen molar-refractivity contribution in [1.29, 1.82) is 10.5 Å². The molecule has 2 aliphatic rings. The number of benzene rings is 2. The lowest BCUT2D eigenvalue weighted by atomic mass is 10.0. The van der Waals surface area contributed by atoms with E-state index >= 15 is 0 Å². The molecule has 1 amide bonds. The standard InChI is InChI=1S/C32H30N6O3/c33-11-7-31(39)38-15-13-37(14-16-38)25-4-1-22(2-5-25)29-20-28-27(8-12-35-32(28)36-29)23-3-6-30(24(19-23)21-34)41-26-9-17-40-18-10-26/h1-6,8,12,19-20,26H,7,9-10,13-18H2,(H,35,36). The molecule has 0 bridgehead atoms. The molecule has 2 aromatic carbocycles. The van der Waals surface area contributed by atoms with E-state index in [-0.39, 0.29) is 18.4 Å². The van der Waals surface area contributed by atoms with Crippen LogP contribution in [0.1, 0.15) is 24.8 Å². The van der Waals surface area contributed by atoms with Crippen LogP contribution in [0, 0.1) is 22.7 Å². The maximum Gasteiger partial charge on any atom is 0.236 e. The summed E-state index contributed by atoms with van der Waals surface area (Å²) in [7, 11) is 0. The summed E-state index contributed by atoms with van der Waals surface area (Å²) in [5, 5.41) is 19.6. The highest BCUT2D eigenvalue weighted by Crippen LogP contribution is 2.34. The molecule has 0 unspecified atom stereocenters. The molecule has 0 spiro atoms. The van der Waals surface area contributed by atoms with Gasteiger partial charge in [0.15, 0.2) is 0 Å². The monoisotopic (exact) mass is 546 g/mol. The first-order chi connectivity index (χ1) is 20.1. The lowest BCUT2D eigenvalue weighted by Crippen LogP contribution is -2.48. The first kappa shape index (κ1) is 26.4. The molecule has 2 aromatic heterocycles. The van der Waals surface area contributed by atoms with Crippen LogP contribution in [0.25, 0.3) is 33.4 Å². The molecule has 0 radical (unpaired) electrons. The molecule has 9 nitrogen and oxygen atoms in total. The molecule has 4 aromatic rings. The Hall–Kier alpha value is -4.86. The second-order valence-corrected chi connectivity index (χ2v) is 10.3. The number of amides is 1. The van der Waals surface area contributed by atoms with Crippen LogP contribution in [0.4, 0.5) is 5.69 Å². The van der Waals surface area contributed by atoms with Crippen LogP contribution in [0.15, 0.2) is 60.8 Å². The van der Waals surface area contributed by atoms with E-state index in [0.717, 1.165) is 65.0 Å². The molecule has 4 heterocycles. The lowest BCUT2D eigenvalue weighted by molar-refractivity contribution is -0.130. The minimum absolute atomic E-state index is 0.0639. The number of ether oxygens (including phenoxy) is 2. The van der Waals surface area contributed by atoms with Crippen LogP contribution in [0.5, 0.6) is 5.75 Å². The number of rotatable bonds is 6. The van der Waals surface area contributed by atoms with Gasteiger partial charge in [-0.25, -0.2) is 4.98 Å². The van der Waals surface area contributed by atoms with Gasteiger partial charge in [0, 0.05) is 62.0 Å². The van der Waals surface area contributed by atoms with E-state index in [2.05, 4.69) is 51.3 Å². The average molecular weight is 547 g/mol. The van der Waals surface area contributed by atoms with Gasteiger partial charge < -0.3 is 24.3 Å². The van der Waals surface area contributed by atoms with E-state index in [9.17, 15) is 10.1 Å². The predicted octanol–water partition coefficient (Wildman–Crippen LogP) is 4.89.